The second kappa shape index (κ2) is 13.3. The molecule has 1 unspecified atom stereocenters. The number of rotatable bonds is 7. The molecule has 0 bridgehead atoms. The molecule has 1 aliphatic carbocycles. The van der Waals surface area contributed by atoms with Crippen LogP contribution in [0, 0.1) is 18.6 Å². The summed E-state index contributed by atoms with van der Waals surface area (Å²) in [5.74, 6) is -4.14. The van der Waals surface area contributed by atoms with E-state index in [0.29, 0.717) is 50.3 Å². The minimum atomic E-state index is -1.06. The summed E-state index contributed by atoms with van der Waals surface area (Å²) in [6.07, 6.45) is 2.49. The first-order valence-electron chi connectivity index (χ1n) is 15.9. The minimum Gasteiger partial charge on any atom is -0.456 e. The number of carbonyl (C=O) groups is 4. The van der Waals surface area contributed by atoms with Crippen molar-refractivity contribution in [2.45, 2.75) is 58.7 Å². The highest BCUT2D eigenvalue weighted by molar-refractivity contribution is 6.03. The molecule has 2 aromatic heterocycles. The molecular weight excluding hydrogens is 638 g/mol. The summed E-state index contributed by atoms with van der Waals surface area (Å²) >= 11 is 0. The molecule has 12 nitrogen and oxygen atoms in total. The van der Waals surface area contributed by atoms with Crippen LogP contribution in [0.2, 0.25) is 0 Å². The van der Waals surface area contributed by atoms with E-state index in [0.717, 1.165) is 28.8 Å². The van der Waals surface area contributed by atoms with E-state index in [2.05, 4.69) is 20.7 Å². The average molecular weight is 675 g/mol. The van der Waals surface area contributed by atoms with Crippen LogP contribution in [-0.2, 0) is 22.4 Å². The molecule has 2 aliphatic rings. The number of aromatic nitrogens is 3. The highest BCUT2D eigenvalue weighted by Crippen LogP contribution is 2.35. The van der Waals surface area contributed by atoms with E-state index in [9.17, 15) is 28.0 Å². The minimum absolute atomic E-state index is 0.00628. The Bertz CT molecular complexity index is 1980. The number of esters is 1. The lowest BCUT2D eigenvalue weighted by molar-refractivity contribution is 0.00681. The molecule has 0 saturated carbocycles. The number of hydrogen-bond donors (Lipinski definition) is 2. The van der Waals surface area contributed by atoms with Crippen LogP contribution in [0.4, 0.5) is 8.78 Å². The summed E-state index contributed by atoms with van der Waals surface area (Å²) in [5.41, 5.74) is 2.60. The van der Waals surface area contributed by atoms with Crippen LogP contribution in [0.25, 0.3) is 5.65 Å². The van der Waals surface area contributed by atoms with Crippen molar-refractivity contribution in [2.75, 3.05) is 26.3 Å². The van der Waals surface area contributed by atoms with Gasteiger partial charge in [-0.15, -0.1) is 0 Å². The molecule has 3 amide bonds. The van der Waals surface area contributed by atoms with Gasteiger partial charge in [-0.2, -0.15) is 5.10 Å². The first-order chi connectivity index (χ1) is 23.3. The van der Waals surface area contributed by atoms with Gasteiger partial charge in [0.25, 0.3) is 17.7 Å². The van der Waals surface area contributed by atoms with Crippen LogP contribution in [0.1, 0.15) is 97.2 Å². The van der Waals surface area contributed by atoms with Crippen LogP contribution in [0.3, 0.4) is 0 Å². The Hall–Kier alpha value is -5.24. The van der Waals surface area contributed by atoms with Crippen molar-refractivity contribution in [2.24, 2.45) is 0 Å². The van der Waals surface area contributed by atoms with Crippen molar-refractivity contribution < 1.29 is 37.4 Å². The quantitative estimate of drug-likeness (QED) is 0.279. The fourth-order valence-corrected chi connectivity index (χ4v) is 6.07. The Balaban J connectivity index is 1.30. The third-order valence-corrected chi connectivity index (χ3v) is 8.52. The predicted molar refractivity (Wildman–Crippen MR) is 172 cm³/mol. The summed E-state index contributed by atoms with van der Waals surface area (Å²) in [4.78, 5) is 59.6. The SMILES string of the molecule is Cc1c(C(=O)OC(C)(C)C)ccc2c1CCC2NC(=O)c1cc(C(=O)NCc2ccc(F)c(F)c2)nc2c(C(=O)N3CCOCC3)cnn12. The zero-order chi connectivity index (χ0) is 35.0. The van der Waals surface area contributed by atoms with E-state index in [1.54, 1.807) is 31.7 Å². The van der Waals surface area contributed by atoms with Gasteiger partial charge in [0, 0.05) is 25.7 Å². The third kappa shape index (κ3) is 7.00. The maximum atomic E-state index is 14.0. The second-order valence-electron chi connectivity index (χ2n) is 13.0. The standard InChI is InChI=1S/C35H36F2N6O6/c1-19-21-8-10-27(23(21)7-6-22(19)34(47)49-35(2,3)4)41-32(45)29-16-28(31(44)38-17-20-5-9-25(36)26(37)15-20)40-30-24(18-39-43(29)30)33(46)42-11-13-48-14-12-42/h5-7,9,15-16,18,27H,8,10-14,17H2,1-4H3,(H,38,44)(H,41,45). The van der Waals surface area contributed by atoms with E-state index in [1.165, 1.54) is 22.8 Å². The first-order valence-corrected chi connectivity index (χ1v) is 15.9. The van der Waals surface area contributed by atoms with Gasteiger partial charge in [0.2, 0.25) is 0 Å². The van der Waals surface area contributed by atoms with Gasteiger partial charge in [-0.25, -0.2) is 23.1 Å². The van der Waals surface area contributed by atoms with Gasteiger partial charge in [0.15, 0.2) is 17.3 Å². The zero-order valence-electron chi connectivity index (χ0n) is 27.6. The van der Waals surface area contributed by atoms with Crippen LogP contribution < -0.4 is 10.6 Å². The number of fused-ring (bicyclic) bond motifs is 2. The summed E-state index contributed by atoms with van der Waals surface area (Å²) in [7, 11) is 0. The fraction of sp³-hybridized carbons (Fsp3) is 0.371. The largest absolute Gasteiger partial charge is 0.456 e. The maximum Gasteiger partial charge on any atom is 0.338 e. The Morgan fingerprint density at radius 2 is 1.76 bits per heavy atom. The first kappa shape index (κ1) is 33.7. The molecule has 3 heterocycles. The van der Waals surface area contributed by atoms with Crippen molar-refractivity contribution in [3.8, 4) is 0 Å². The number of hydrogen-bond acceptors (Lipinski definition) is 8. The van der Waals surface area contributed by atoms with Crippen molar-refractivity contribution in [1.29, 1.82) is 0 Å². The van der Waals surface area contributed by atoms with Crippen LogP contribution in [-0.4, -0.2) is 75.1 Å². The molecule has 1 aliphatic heterocycles. The van der Waals surface area contributed by atoms with Crippen LogP contribution in [0.15, 0.2) is 42.6 Å². The van der Waals surface area contributed by atoms with Gasteiger partial charge < -0.3 is 25.0 Å². The number of morpholine rings is 1. The molecule has 4 aromatic rings. The lowest BCUT2D eigenvalue weighted by Gasteiger charge is -2.26. The number of halogens is 2. The molecule has 0 radical (unpaired) electrons. The summed E-state index contributed by atoms with van der Waals surface area (Å²) in [5, 5.41) is 9.96. The summed E-state index contributed by atoms with van der Waals surface area (Å²) in [6.45, 7) is 8.57. The van der Waals surface area contributed by atoms with Crippen molar-refractivity contribution in [1.82, 2.24) is 30.1 Å². The number of nitrogens with one attached hydrogen (secondary N) is 2. The number of ether oxygens (including phenoxy) is 2. The lowest BCUT2D eigenvalue weighted by atomic mass is 9.97. The average Bonchev–Trinajstić information content (AvgIpc) is 3.69. The second-order valence-corrected chi connectivity index (χ2v) is 13.0. The molecule has 14 heteroatoms. The van der Waals surface area contributed by atoms with Gasteiger partial charge in [-0.05, 0) is 81.0 Å². The molecule has 1 saturated heterocycles. The van der Waals surface area contributed by atoms with E-state index >= 15 is 0 Å². The topological polar surface area (TPSA) is 144 Å². The third-order valence-electron chi connectivity index (χ3n) is 8.52. The zero-order valence-corrected chi connectivity index (χ0v) is 27.6. The molecule has 2 aromatic carbocycles. The summed E-state index contributed by atoms with van der Waals surface area (Å²) in [6, 6.07) is 7.63. The van der Waals surface area contributed by atoms with E-state index in [1.807, 2.05) is 13.0 Å². The van der Waals surface area contributed by atoms with Gasteiger partial charge in [0.05, 0.1) is 31.0 Å². The number of nitrogens with zero attached hydrogens (tertiary/aromatic N) is 4. The highest BCUT2D eigenvalue weighted by atomic mass is 19.2. The normalized spacial score (nSPS) is 16.0. The molecule has 49 heavy (non-hydrogen) atoms. The smallest absolute Gasteiger partial charge is 0.338 e. The molecule has 6 rings (SSSR count). The molecule has 1 atom stereocenters. The number of amides is 3. The molecule has 0 spiro atoms. The van der Waals surface area contributed by atoms with Gasteiger partial charge in [0.1, 0.15) is 22.6 Å². The molecule has 2 N–H and O–H groups in total. The summed E-state index contributed by atoms with van der Waals surface area (Å²) < 4.78 is 39.3. The maximum absolute atomic E-state index is 14.0. The number of carbonyl (C=O) groups excluding carboxylic acids is 4. The predicted octanol–water partition coefficient (Wildman–Crippen LogP) is 4.09. The van der Waals surface area contributed by atoms with Gasteiger partial charge in [-0.1, -0.05) is 12.1 Å². The molecule has 1 fully saturated rings. The van der Waals surface area contributed by atoms with Gasteiger partial charge in [-0.3, -0.25) is 14.4 Å². The monoisotopic (exact) mass is 674 g/mol. The van der Waals surface area contributed by atoms with E-state index in [4.69, 9.17) is 9.47 Å². The van der Waals surface area contributed by atoms with Crippen LogP contribution in [0.5, 0.6) is 0 Å². The Kier molecular flexibility index (Phi) is 9.16. The fourth-order valence-electron chi connectivity index (χ4n) is 6.07. The van der Waals surface area contributed by atoms with E-state index < -0.39 is 41.1 Å². The van der Waals surface area contributed by atoms with Crippen molar-refractivity contribution in [3.05, 3.63) is 99.0 Å². The Morgan fingerprint density at radius 1 is 1.00 bits per heavy atom. The Morgan fingerprint density at radius 3 is 2.47 bits per heavy atom. The number of benzene rings is 2. The van der Waals surface area contributed by atoms with Crippen molar-refractivity contribution in [3.63, 3.8) is 0 Å². The van der Waals surface area contributed by atoms with Gasteiger partial charge >= 0.3 is 5.97 Å². The van der Waals surface area contributed by atoms with Crippen LogP contribution >= 0.6 is 0 Å². The lowest BCUT2D eigenvalue weighted by Crippen LogP contribution is -2.40. The van der Waals surface area contributed by atoms with E-state index in [-0.39, 0.29) is 35.1 Å². The van der Waals surface area contributed by atoms with Crippen molar-refractivity contribution >= 4 is 29.3 Å². The Labute approximate surface area is 280 Å². The molecular formula is C35H36F2N6O6. The highest BCUT2D eigenvalue weighted by Gasteiger charge is 2.31. The molecule has 256 valence electrons.